The molecule has 0 aliphatic carbocycles. The highest BCUT2D eigenvalue weighted by Crippen LogP contribution is 2.17. The molecule has 0 aliphatic rings. The number of nitrogens with one attached hydrogen (secondary N) is 1. The average Bonchev–Trinajstić information content (AvgIpc) is 2.76. The molecule has 0 aromatic heterocycles. The number of carbonyl (C=O) groups excluding carboxylic acids is 2. The first kappa shape index (κ1) is 22.3. The van der Waals surface area contributed by atoms with E-state index in [4.69, 9.17) is 9.47 Å². The van der Waals surface area contributed by atoms with E-state index in [1.165, 1.54) is 0 Å². The Morgan fingerprint density at radius 1 is 0.931 bits per heavy atom. The number of rotatable bonds is 10. The smallest absolute Gasteiger partial charge is 0.242 e. The van der Waals surface area contributed by atoms with Crippen LogP contribution in [0.4, 0.5) is 0 Å². The van der Waals surface area contributed by atoms with E-state index in [0.29, 0.717) is 13.1 Å². The summed E-state index contributed by atoms with van der Waals surface area (Å²) in [6.07, 6.45) is 1.06. The van der Waals surface area contributed by atoms with E-state index in [0.717, 1.165) is 29.0 Å². The molecule has 1 N–H and O–H groups in total. The first-order valence-electron chi connectivity index (χ1n) is 9.81. The molecule has 0 unspecified atom stereocenters. The normalized spacial score (nSPS) is 11.4. The Morgan fingerprint density at radius 3 is 1.93 bits per heavy atom. The maximum atomic E-state index is 13.1. The van der Waals surface area contributed by atoms with E-state index >= 15 is 0 Å². The number of nitrogens with zero attached hydrogens (tertiary/aromatic N) is 1. The molecule has 0 bridgehead atoms. The second-order valence-corrected chi connectivity index (χ2v) is 6.86. The van der Waals surface area contributed by atoms with E-state index in [-0.39, 0.29) is 18.2 Å². The summed E-state index contributed by atoms with van der Waals surface area (Å²) in [5, 5.41) is 2.88. The number of carbonyl (C=O) groups is 2. The Labute approximate surface area is 172 Å². The number of hydrogen-bond donors (Lipinski definition) is 1. The molecule has 6 nitrogen and oxygen atoms in total. The van der Waals surface area contributed by atoms with Gasteiger partial charge in [0.15, 0.2) is 0 Å². The minimum absolute atomic E-state index is 0.106. The molecule has 0 saturated carbocycles. The zero-order chi connectivity index (χ0) is 21.2. The molecule has 6 heteroatoms. The minimum atomic E-state index is -0.575. The number of hydrogen-bond acceptors (Lipinski definition) is 4. The lowest BCUT2D eigenvalue weighted by molar-refractivity contribution is -0.140. The van der Waals surface area contributed by atoms with E-state index < -0.39 is 6.04 Å². The van der Waals surface area contributed by atoms with Gasteiger partial charge in [0.05, 0.1) is 20.6 Å². The molecule has 156 valence electrons. The lowest BCUT2D eigenvalue weighted by Crippen LogP contribution is -2.48. The Hall–Kier alpha value is -3.02. The van der Waals surface area contributed by atoms with Crippen LogP contribution in [0.15, 0.2) is 48.5 Å². The summed E-state index contributed by atoms with van der Waals surface area (Å²) in [5.41, 5.74) is 1.81. The molecule has 29 heavy (non-hydrogen) atoms. The highest BCUT2D eigenvalue weighted by molar-refractivity contribution is 5.88. The molecule has 2 aromatic carbocycles. The fraction of sp³-hybridized carbons (Fsp3) is 0.391. The quantitative estimate of drug-likeness (QED) is 0.667. The zero-order valence-corrected chi connectivity index (χ0v) is 17.6. The van der Waals surface area contributed by atoms with E-state index in [1.807, 2.05) is 55.5 Å². The van der Waals surface area contributed by atoms with Crippen LogP contribution < -0.4 is 14.8 Å². The SMILES string of the molecule is CCCNC(=O)[C@@H](C)N(Cc1ccc(OC)cc1)C(=O)Cc1ccc(OC)cc1. The molecule has 0 spiro atoms. The van der Waals surface area contributed by atoms with Crippen molar-refractivity contribution in [1.82, 2.24) is 10.2 Å². The monoisotopic (exact) mass is 398 g/mol. The summed E-state index contributed by atoms with van der Waals surface area (Å²) >= 11 is 0. The van der Waals surface area contributed by atoms with Crippen LogP contribution in [0.1, 0.15) is 31.4 Å². The average molecular weight is 399 g/mol. The minimum Gasteiger partial charge on any atom is -0.497 e. The van der Waals surface area contributed by atoms with Crippen LogP contribution in [0.2, 0.25) is 0 Å². The van der Waals surface area contributed by atoms with Gasteiger partial charge in [-0.05, 0) is 48.7 Å². The number of amides is 2. The summed E-state index contributed by atoms with van der Waals surface area (Å²) in [5.74, 6) is 1.23. The molecule has 0 aliphatic heterocycles. The fourth-order valence-corrected chi connectivity index (χ4v) is 2.93. The van der Waals surface area contributed by atoms with Gasteiger partial charge in [0.2, 0.25) is 11.8 Å². The van der Waals surface area contributed by atoms with Crippen molar-refractivity contribution in [2.24, 2.45) is 0 Å². The van der Waals surface area contributed by atoms with Gasteiger partial charge in [0, 0.05) is 13.1 Å². The zero-order valence-electron chi connectivity index (χ0n) is 17.6. The molecular formula is C23H30N2O4. The van der Waals surface area contributed by atoms with Crippen LogP contribution >= 0.6 is 0 Å². The predicted octanol–water partition coefficient (Wildman–Crippen LogP) is 3.19. The Balaban J connectivity index is 2.18. The summed E-state index contributed by atoms with van der Waals surface area (Å²) in [4.78, 5) is 27.3. The van der Waals surface area contributed by atoms with Crippen LogP contribution in [0, 0.1) is 0 Å². The van der Waals surface area contributed by atoms with Crippen LogP contribution in [-0.2, 0) is 22.6 Å². The van der Waals surface area contributed by atoms with Crippen molar-refractivity contribution >= 4 is 11.8 Å². The Bertz CT molecular complexity index is 788. The first-order valence-corrected chi connectivity index (χ1v) is 9.81. The number of methoxy groups -OCH3 is 2. The fourth-order valence-electron chi connectivity index (χ4n) is 2.93. The van der Waals surface area contributed by atoms with Gasteiger partial charge in [-0.25, -0.2) is 0 Å². The lowest BCUT2D eigenvalue weighted by atomic mass is 10.1. The van der Waals surface area contributed by atoms with Crippen molar-refractivity contribution in [3.05, 3.63) is 59.7 Å². The molecule has 1 atom stereocenters. The predicted molar refractivity (Wildman–Crippen MR) is 113 cm³/mol. The van der Waals surface area contributed by atoms with Gasteiger partial charge in [-0.15, -0.1) is 0 Å². The van der Waals surface area contributed by atoms with E-state index in [1.54, 1.807) is 26.0 Å². The second-order valence-electron chi connectivity index (χ2n) is 6.86. The topological polar surface area (TPSA) is 67.9 Å². The molecule has 0 fully saturated rings. The summed E-state index contributed by atoms with van der Waals surface area (Å²) in [6.45, 7) is 4.70. The third kappa shape index (κ3) is 6.52. The number of benzene rings is 2. The molecule has 0 heterocycles. The second kappa shape index (κ2) is 11.1. The van der Waals surface area contributed by atoms with Crippen LogP contribution in [0.3, 0.4) is 0 Å². The van der Waals surface area contributed by atoms with Crippen molar-refractivity contribution in [2.45, 2.75) is 39.3 Å². The molecule has 2 aromatic rings. The van der Waals surface area contributed by atoms with Gasteiger partial charge in [0.25, 0.3) is 0 Å². The van der Waals surface area contributed by atoms with Gasteiger partial charge in [-0.3, -0.25) is 9.59 Å². The number of ether oxygens (including phenoxy) is 2. The molecule has 2 rings (SSSR count). The maximum absolute atomic E-state index is 13.1. The summed E-state index contributed by atoms with van der Waals surface area (Å²) in [6, 6.07) is 14.3. The van der Waals surface area contributed by atoms with Crippen LogP contribution in [-0.4, -0.2) is 43.5 Å². The van der Waals surface area contributed by atoms with Crippen molar-refractivity contribution in [1.29, 1.82) is 0 Å². The molecule has 2 amide bonds. The molecular weight excluding hydrogens is 368 g/mol. The van der Waals surface area contributed by atoms with Crippen molar-refractivity contribution in [3.63, 3.8) is 0 Å². The lowest BCUT2D eigenvalue weighted by Gasteiger charge is -2.29. The Morgan fingerprint density at radius 2 is 1.45 bits per heavy atom. The highest BCUT2D eigenvalue weighted by Gasteiger charge is 2.26. The van der Waals surface area contributed by atoms with Gasteiger partial charge in [-0.2, -0.15) is 0 Å². The highest BCUT2D eigenvalue weighted by atomic mass is 16.5. The molecule has 0 saturated heterocycles. The van der Waals surface area contributed by atoms with Crippen molar-refractivity contribution < 1.29 is 19.1 Å². The summed E-state index contributed by atoms with van der Waals surface area (Å²) in [7, 11) is 3.22. The van der Waals surface area contributed by atoms with E-state index in [2.05, 4.69) is 5.32 Å². The van der Waals surface area contributed by atoms with Gasteiger partial charge < -0.3 is 19.7 Å². The third-order valence-electron chi connectivity index (χ3n) is 4.74. The summed E-state index contributed by atoms with van der Waals surface area (Å²) < 4.78 is 10.4. The van der Waals surface area contributed by atoms with Gasteiger partial charge in [-0.1, -0.05) is 31.2 Å². The van der Waals surface area contributed by atoms with Gasteiger partial charge in [0.1, 0.15) is 17.5 Å². The van der Waals surface area contributed by atoms with E-state index in [9.17, 15) is 9.59 Å². The first-order chi connectivity index (χ1) is 14.0. The largest absolute Gasteiger partial charge is 0.497 e. The van der Waals surface area contributed by atoms with Gasteiger partial charge >= 0.3 is 0 Å². The van der Waals surface area contributed by atoms with Crippen LogP contribution in [0.5, 0.6) is 11.5 Å². The van der Waals surface area contributed by atoms with Crippen molar-refractivity contribution in [3.8, 4) is 11.5 Å². The Kier molecular flexibility index (Phi) is 8.52. The maximum Gasteiger partial charge on any atom is 0.242 e. The third-order valence-corrected chi connectivity index (χ3v) is 4.74. The standard InChI is InChI=1S/C23H30N2O4/c1-5-14-24-23(27)17(2)25(16-19-8-12-21(29-4)13-9-19)22(26)15-18-6-10-20(28-3)11-7-18/h6-13,17H,5,14-16H2,1-4H3,(H,24,27)/t17-/m1/s1. The van der Waals surface area contributed by atoms with Crippen LogP contribution in [0.25, 0.3) is 0 Å². The molecule has 0 radical (unpaired) electrons. The van der Waals surface area contributed by atoms with Crippen molar-refractivity contribution in [2.75, 3.05) is 20.8 Å².